The Hall–Kier alpha value is -0.810. The summed E-state index contributed by atoms with van der Waals surface area (Å²) >= 11 is 6.03. The van der Waals surface area contributed by atoms with Gasteiger partial charge in [-0.15, -0.1) is 0 Å². The predicted molar refractivity (Wildman–Crippen MR) is 72.8 cm³/mol. The average Bonchev–Trinajstić information content (AvgIpc) is 2.35. The van der Waals surface area contributed by atoms with Crippen molar-refractivity contribution in [2.24, 2.45) is 0 Å². The fourth-order valence-electron chi connectivity index (χ4n) is 1.41. The van der Waals surface area contributed by atoms with Gasteiger partial charge < -0.3 is 19.9 Å². The van der Waals surface area contributed by atoms with Gasteiger partial charge in [0.25, 0.3) is 0 Å². The summed E-state index contributed by atoms with van der Waals surface area (Å²) in [4.78, 5) is 0. The van der Waals surface area contributed by atoms with Crippen molar-refractivity contribution in [1.29, 1.82) is 0 Å². The Morgan fingerprint density at radius 2 is 1.89 bits per heavy atom. The highest BCUT2D eigenvalue weighted by molar-refractivity contribution is 6.31. The molecular weight excluding hydrogens is 254 g/mol. The summed E-state index contributed by atoms with van der Waals surface area (Å²) in [6.45, 7) is 2.97. The van der Waals surface area contributed by atoms with Gasteiger partial charge in [-0.3, -0.25) is 0 Å². The molecular formula is C13H20ClNO3. The number of hydrogen-bond donors (Lipinski definition) is 1. The summed E-state index contributed by atoms with van der Waals surface area (Å²) in [6, 6.07) is 5.45. The van der Waals surface area contributed by atoms with Crippen LogP contribution in [0.2, 0.25) is 5.02 Å². The van der Waals surface area contributed by atoms with E-state index < -0.39 is 0 Å². The Labute approximate surface area is 113 Å². The third kappa shape index (κ3) is 5.69. The summed E-state index contributed by atoms with van der Waals surface area (Å²) in [5.74, 6) is 0. The topological polar surface area (TPSA) is 53.7 Å². The second-order valence-corrected chi connectivity index (χ2v) is 4.23. The monoisotopic (exact) mass is 273 g/mol. The molecule has 2 N–H and O–H groups in total. The van der Waals surface area contributed by atoms with Crippen molar-refractivity contribution < 1.29 is 14.2 Å². The smallest absolute Gasteiger partial charge is 0.0751 e. The molecule has 102 valence electrons. The quantitative estimate of drug-likeness (QED) is 0.555. The molecule has 0 radical (unpaired) electrons. The van der Waals surface area contributed by atoms with E-state index in [1.165, 1.54) is 0 Å². The highest BCUT2D eigenvalue weighted by Crippen LogP contribution is 2.22. The Morgan fingerprint density at radius 3 is 2.61 bits per heavy atom. The van der Waals surface area contributed by atoms with E-state index in [0.29, 0.717) is 43.7 Å². The summed E-state index contributed by atoms with van der Waals surface area (Å²) in [6.07, 6.45) is 0.841. The molecule has 0 aromatic heterocycles. The van der Waals surface area contributed by atoms with Gasteiger partial charge >= 0.3 is 0 Å². The fraction of sp³-hybridized carbons (Fsp3) is 0.538. The number of rotatable bonds is 9. The van der Waals surface area contributed by atoms with Gasteiger partial charge in [0.05, 0.1) is 19.8 Å². The maximum absolute atomic E-state index is 6.03. The van der Waals surface area contributed by atoms with Crippen LogP contribution in [0.15, 0.2) is 18.2 Å². The van der Waals surface area contributed by atoms with E-state index in [0.717, 1.165) is 12.0 Å². The van der Waals surface area contributed by atoms with Gasteiger partial charge in [0.1, 0.15) is 0 Å². The number of benzene rings is 1. The van der Waals surface area contributed by atoms with Crippen LogP contribution in [0.25, 0.3) is 0 Å². The molecule has 0 saturated heterocycles. The highest BCUT2D eigenvalue weighted by atomic mass is 35.5. The molecule has 0 aliphatic carbocycles. The van der Waals surface area contributed by atoms with Crippen LogP contribution in [0.1, 0.15) is 12.0 Å². The fourth-order valence-corrected chi connectivity index (χ4v) is 1.65. The van der Waals surface area contributed by atoms with E-state index >= 15 is 0 Å². The lowest BCUT2D eigenvalue weighted by molar-refractivity contribution is 0.0484. The molecule has 0 aliphatic rings. The molecule has 0 fully saturated rings. The number of ether oxygens (including phenoxy) is 3. The van der Waals surface area contributed by atoms with Gasteiger partial charge in [0, 0.05) is 36.6 Å². The van der Waals surface area contributed by atoms with Crippen molar-refractivity contribution in [1.82, 2.24) is 0 Å². The Morgan fingerprint density at radius 1 is 1.11 bits per heavy atom. The third-order valence-corrected chi connectivity index (χ3v) is 2.76. The van der Waals surface area contributed by atoms with Crippen molar-refractivity contribution in [2.75, 3.05) is 39.3 Å². The SMILES string of the molecule is COCCOCCCOCc1c(N)cccc1Cl. The minimum Gasteiger partial charge on any atom is -0.398 e. The molecule has 5 heteroatoms. The van der Waals surface area contributed by atoms with Crippen molar-refractivity contribution in [3.05, 3.63) is 28.8 Å². The molecule has 0 saturated carbocycles. The maximum Gasteiger partial charge on any atom is 0.0751 e. The van der Waals surface area contributed by atoms with Gasteiger partial charge in [-0.2, -0.15) is 0 Å². The van der Waals surface area contributed by atoms with E-state index in [9.17, 15) is 0 Å². The zero-order valence-corrected chi connectivity index (χ0v) is 11.4. The normalized spacial score (nSPS) is 10.8. The van der Waals surface area contributed by atoms with E-state index in [-0.39, 0.29) is 0 Å². The summed E-state index contributed by atoms with van der Waals surface area (Å²) < 4.78 is 15.7. The molecule has 0 atom stereocenters. The molecule has 1 aromatic carbocycles. The first kappa shape index (κ1) is 15.2. The predicted octanol–water partition coefficient (Wildman–Crippen LogP) is 2.49. The third-order valence-electron chi connectivity index (χ3n) is 2.41. The Bertz CT molecular complexity index is 327. The molecule has 1 rings (SSSR count). The second-order valence-electron chi connectivity index (χ2n) is 3.82. The number of methoxy groups -OCH3 is 1. The average molecular weight is 274 g/mol. The van der Waals surface area contributed by atoms with Crippen LogP contribution in [-0.2, 0) is 20.8 Å². The number of hydrogen-bond acceptors (Lipinski definition) is 4. The lowest BCUT2D eigenvalue weighted by Gasteiger charge is -2.09. The minimum atomic E-state index is 0.434. The lowest BCUT2D eigenvalue weighted by Crippen LogP contribution is -2.06. The van der Waals surface area contributed by atoms with Crippen molar-refractivity contribution in [2.45, 2.75) is 13.0 Å². The number of halogens is 1. The minimum absolute atomic E-state index is 0.434. The van der Waals surface area contributed by atoms with E-state index in [1.807, 2.05) is 18.2 Å². The molecule has 4 nitrogen and oxygen atoms in total. The van der Waals surface area contributed by atoms with Crippen molar-refractivity contribution in [3.63, 3.8) is 0 Å². The first-order chi connectivity index (χ1) is 8.75. The molecule has 18 heavy (non-hydrogen) atoms. The van der Waals surface area contributed by atoms with E-state index in [1.54, 1.807) is 7.11 Å². The van der Waals surface area contributed by atoms with E-state index in [4.69, 9.17) is 31.5 Å². The molecule has 0 unspecified atom stereocenters. The molecule has 0 spiro atoms. The molecule has 0 amide bonds. The Balaban J connectivity index is 2.11. The first-order valence-corrected chi connectivity index (χ1v) is 6.30. The standard InChI is InChI=1S/C13H20ClNO3/c1-16-8-9-17-6-3-7-18-10-11-12(14)4-2-5-13(11)15/h2,4-5H,3,6-10,15H2,1H3. The van der Waals surface area contributed by atoms with Crippen molar-refractivity contribution >= 4 is 17.3 Å². The molecule has 1 aromatic rings. The summed E-state index contributed by atoms with van der Waals surface area (Å²) in [5.41, 5.74) is 7.33. The zero-order chi connectivity index (χ0) is 13.2. The zero-order valence-electron chi connectivity index (χ0n) is 10.7. The second kappa shape index (κ2) is 9.16. The van der Waals surface area contributed by atoms with Gasteiger partial charge in [-0.1, -0.05) is 17.7 Å². The first-order valence-electron chi connectivity index (χ1n) is 5.93. The van der Waals surface area contributed by atoms with Crippen LogP contribution >= 0.6 is 11.6 Å². The van der Waals surface area contributed by atoms with Crippen LogP contribution < -0.4 is 5.73 Å². The molecule has 0 heterocycles. The maximum atomic E-state index is 6.03. The molecule has 0 bridgehead atoms. The Kier molecular flexibility index (Phi) is 7.76. The largest absolute Gasteiger partial charge is 0.398 e. The van der Waals surface area contributed by atoms with Crippen LogP contribution in [0.4, 0.5) is 5.69 Å². The van der Waals surface area contributed by atoms with Crippen LogP contribution in [-0.4, -0.2) is 33.5 Å². The van der Waals surface area contributed by atoms with Crippen LogP contribution in [0.5, 0.6) is 0 Å². The number of nitrogen functional groups attached to an aromatic ring is 1. The summed E-state index contributed by atoms with van der Waals surface area (Å²) in [7, 11) is 1.65. The molecule has 0 aliphatic heterocycles. The van der Waals surface area contributed by atoms with Gasteiger partial charge in [0.2, 0.25) is 0 Å². The van der Waals surface area contributed by atoms with Gasteiger partial charge in [-0.25, -0.2) is 0 Å². The van der Waals surface area contributed by atoms with Crippen molar-refractivity contribution in [3.8, 4) is 0 Å². The highest BCUT2D eigenvalue weighted by Gasteiger charge is 2.03. The summed E-state index contributed by atoms with van der Waals surface area (Å²) in [5, 5.41) is 0.645. The van der Waals surface area contributed by atoms with Crippen LogP contribution in [0, 0.1) is 0 Å². The van der Waals surface area contributed by atoms with Crippen LogP contribution in [0.3, 0.4) is 0 Å². The van der Waals surface area contributed by atoms with Gasteiger partial charge in [-0.05, 0) is 18.6 Å². The van der Waals surface area contributed by atoms with Gasteiger partial charge in [0.15, 0.2) is 0 Å². The van der Waals surface area contributed by atoms with E-state index in [2.05, 4.69) is 0 Å². The number of nitrogens with two attached hydrogens (primary N) is 1. The lowest BCUT2D eigenvalue weighted by atomic mass is 10.2. The number of anilines is 1.